The Morgan fingerprint density at radius 1 is 0.840 bits per heavy atom. The zero-order valence-electron chi connectivity index (χ0n) is 16.4. The van der Waals surface area contributed by atoms with Crippen molar-refractivity contribution in [3.63, 3.8) is 0 Å². The molecule has 148 valence electrons. The summed E-state index contributed by atoms with van der Waals surface area (Å²) in [5.41, 5.74) is 16.5. The Hall–Kier alpha value is -1.80. The van der Waals surface area contributed by atoms with Gasteiger partial charge in [0.1, 0.15) is 12.6 Å². The second kappa shape index (κ2) is 24.5. The second-order valence-corrected chi connectivity index (χ2v) is 4.34. The SMILES string of the molecule is CC.CC.CC(O)CN.CC(O)CN.Nc1cc(C=O)cc(C=O)c1. The lowest BCUT2D eigenvalue weighted by Gasteiger charge is -1.95. The summed E-state index contributed by atoms with van der Waals surface area (Å²) in [6.45, 7) is 12.0. The number of benzene rings is 1. The first-order valence-electron chi connectivity index (χ1n) is 8.37. The van der Waals surface area contributed by atoms with Gasteiger partial charge in [-0.05, 0) is 32.0 Å². The van der Waals surface area contributed by atoms with E-state index in [9.17, 15) is 9.59 Å². The van der Waals surface area contributed by atoms with Gasteiger partial charge in [-0.1, -0.05) is 27.7 Å². The summed E-state index contributed by atoms with van der Waals surface area (Å²) >= 11 is 0. The highest BCUT2D eigenvalue weighted by molar-refractivity contribution is 5.84. The molecule has 0 spiro atoms. The third kappa shape index (κ3) is 27.3. The monoisotopic (exact) mass is 359 g/mol. The molecule has 2 atom stereocenters. The molecule has 0 aliphatic heterocycles. The van der Waals surface area contributed by atoms with E-state index < -0.39 is 0 Å². The standard InChI is InChI=1S/C8H7NO2.2C3H9NO.2C2H6/c9-8-2-6(4-10)1-7(3-8)5-11;2*1-3(5)2-4;2*1-2/h1-5H,9H2;2*3,5H,2,4H2,1H3;2*1-2H3. The summed E-state index contributed by atoms with van der Waals surface area (Å²) in [7, 11) is 0. The Labute approximate surface area is 152 Å². The van der Waals surface area contributed by atoms with Crippen LogP contribution in [0, 0.1) is 0 Å². The van der Waals surface area contributed by atoms with E-state index in [0.717, 1.165) is 0 Å². The second-order valence-electron chi connectivity index (χ2n) is 4.34. The number of rotatable bonds is 4. The van der Waals surface area contributed by atoms with E-state index >= 15 is 0 Å². The zero-order valence-corrected chi connectivity index (χ0v) is 16.4. The number of nitrogens with two attached hydrogens (primary N) is 3. The summed E-state index contributed by atoms with van der Waals surface area (Å²) in [4.78, 5) is 20.5. The minimum absolute atomic E-state index is 0.338. The predicted molar refractivity (Wildman–Crippen MR) is 106 cm³/mol. The highest BCUT2D eigenvalue weighted by Crippen LogP contribution is 2.08. The number of nitrogen functional groups attached to an aromatic ring is 1. The van der Waals surface area contributed by atoms with Crippen molar-refractivity contribution in [1.29, 1.82) is 0 Å². The molecule has 0 aliphatic rings. The third-order valence-electron chi connectivity index (χ3n) is 1.95. The Kier molecular flexibility index (Phi) is 30.3. The fourth-order valence-corrected chi connectivity index (χ4v) is 0.838. The molecule has 8 N–H and O–H groups in total. The van der Waals surface area contributed by atoms with Gasteiger partial charge in [0.05, 0.1) is 12.2 Å². The van der Waals surface area contributed by atoms with Crippen molar-refractivity contribution in [1.82, 2.24) is 0 Å². The van der Waals surface area contributed by atoms with Crippen LogP contribution in [0.15, 0.2) is 18.2 Å². The van der Waals surface area contributed by atoms with Crippen LogP contribution in [0.2, 0.25) is 0 Å². The molecule has 0 fully saturated rings. The number of aliphatic hydroxyl groups excluding tert-OH is 2. The average Bonchev–Trinajstić information content (AvgIpc) is 2.65. The minimum atomic E-state index is -0.338. The van der Waals surface area contributed by atoms with Gasteiger partial charge in [-0.25, -0.2) is 0 Å². The first-order valence-corrected chi connectivity index (χ1v) is 8.37. The molecule has 1 aromatic carbocycles. The number of aliphatic hydroxyl groups is 2. The van der Waals surface area contributed by atoms with Crippen LogP contribution in [-0.4, -0.2) is 48.1 Å². The highest BCUT2D eigenvalue weighted by Gasteiger charge is 1.95. The lowest BCUT2D eigenvalue weighted by molar-refractivity contribution is 0.112. The molecule has 0 saturated heterocycles. The van der Waals surface area contributed by atoms with Crippen molar-refractivity contribution < 1.29 is 19.8 Å². The smallest absolute Gasteiger partial charge is 0.150 e. The number of hydrogen-bond donors (Lipinski definition) is 5. The molecule has 1 aromatic rings. The molecule has 1 rings (SSSR count). The Morgan fingerprint density at radius 2 is 1.08 bits per heavy atom. The topological polar surface area (TPSA) is 153 Å². The van der Waals surface area contributed by atoms with E-state index in [-0.39, 0.29) is 12.2 Å². The maximum Gasteiger partial charge on any atom is 0.150 e. The number of carbonyl (C=O) groups is 2. The normalized spacial score (nSPS) is 10.5. The van der Waals surface area contributed by atoms with Crippen LogP contribution in [0.5, 0.6) is 0 Å². The van der Waals surface area contributed by atoms with Gasteiger partial charge < -0.3 is 27.4 Å². The van der Waals surface area contributed by atoms with Crippen molar-refractivity contribution in [2.45, 2.75) is 53.8 Å². The van der Waals surface area contributed by atoms with Crippen LogP contribution >= 0.6 is 0 Å². The molecule has 0 saturated carbocycles. The van der Waals surface area contributed by atoms with Crippen molar-refractivity contribution in [2.24, 2.45) is 11.5 Å². The van der Waals surface area contributed by atoms with E-state index in [1.165, 1.54) is 18.2 Å². The summed E-state index contributed by atoms with van der Waals surface area (Å²) in [5.74, 6) is 0. The molecule has 7 heteroatoms. The summed E-state index contributed by atoms with van der Waals surface area (Å²) in [6, 6.07) is 4.51. The zero-order chi connectivity index (χ0) is 20.8. The number of anilines is 1. The van der Waals surface area contributed by atoms with Crippen molar-refractivity contribution in [2.75, 3.05) is 18.8 Å². The molecule has 0 radical (unpaired) electrons. The van der Waals surface area contributed by atoms with Gasteiger partial charge in [-0.2, -0.15) is 0 Å². The van der Waals surface area contributed by atoms with Crippen LogP contribution in [0.4, 0.5) is 5.69 Å². The van der Waals surface area contributed by atoms with Crippen molar-refractivity contribution >= 4 is 18.3 Å². The first kappa shape index (κ1) is 31.0. The quantitative estimate of drug-likeness (QED) is 0.404. The minimum Gasteiger partial charge on any atom is -0.399 e. The van der Waals surface area contributed by atoms with Crippen molar-refractivity contribution in [3.05, 3.63) is 29.3 Å². The molecule has 0 amide bonds. The van der Waals surface area contributed by atoms with E-state index in [4.69, 9.17) is 27.4 Å². The Balaban J connectivity index is -0.000000134. The summed E-state index contributed by atoms with van der Waals surface area (Å²) in [5, 5.41) is 16.5. The van der Waals surface area contributed by atoms with Gasteiger partial charge in [-0.15, -0.1) is 0 Å². The van der Waals surface area contributed by atoms with Crippen LogP contribution < -0.4 is 17.2 Å². The predicted octanol–water partition coefficient (Wildman–Crippen LogP) is 1.60. The molecular weight excluding hydrogens is 322 g/mol. The van der Waals surface area contributed by atoms with Gasteiger partial charge in [0.25, 0.3) is 0 Å². The van der Waals surface area contributed by atoms with E-state index in [1.54, 1.807) is 13.8 Å². The molecule has 0 heterocycles. The molecule has 0 aromatic heterocycles. The number of carbonyl (C=O) groups excluding carboxylic acids is 2. The molecule has 25 heavy (non-hydrogen) atoms. The van der Waals surface area contributed by atoms with E-state index in [0.29, 0.717) is 42.5 Å². The molecule has 7 nitrogen and oxygen atoms in total. The third-order valence-corrected chi connectivity index (χ3v) is 1.95. The van der Waals surface area contributed by atoms with Gasteiger partial charge >= 0.3 is 0 Å². The van der Waals surface area contributed by atoms with Gasteiger partial charge in [0.15, 0.2) is 0 Å². The summed E-state index contributed by atoms with van der Waals surface area (Å²) < 4.78 is 0. The van der Waals surface area contributed by atoms with Crippen LogP contribution in [0.1, 0.15) is 62.3 Å². The van der Waals surface area contributed by atoms with Crippen LogP contribution in [-0.2, 0) is 0 Å². The fourth-order valence-electron chi connectivity index (χ4n) is 0.838. The average molecular weight is 360 g/mol. The molecular formula is C18H37N3O4. The summed E-state index contributed by atoms with van der Waals surface area (Å²) in [6.07, 6.45) is 0.636. The van der Waals surface area contributed by atoms with Gasteiger partial charge in [0.2, 0.25) is 0 Å². The first-order chi connectivity index (χ1) is 11.8. The fraction of sp³-hybridized carbons (Fsp3) is 0.556. The molecule has 2 unspecified atom stereocenters. The van der Waals surface area contributed by atoms with E-state index in [1.807, 2.05) is 27.7 Å². The van der Waals surface area contributed by atoms with Crippen molar-refractivity contribution in [3.8, 4) is 0 Å². The maximum atomic E-state index is 10.3. The Bertz CT molecular complexity index is 377. The van der Waals surface area contributed by atoms with E-state index in [2.05, 4.69) is 0 Å². The highest BCUT2D eigenvalue weighted by atomic mass is 16.3. The van der Waals surface area contributed by atoms with Crippen LogP contribution in [0.25, 0.3) is 0 Å². The Morgan fingerprint density at radius 3 is 1.24 bits per heavy atom. The maximum absolute atomic E-state index is 10.3. The molecule has 0 bridgehead atoms. The van der Waals surface area contributed by atoms with Gasteiger partial charge in [-0.3, -0.25) is 9.59 Å². The van der Waals surface area contributed by atoms with Crippen LogP contribution in [0.3, 0.4) is 0 Å². The lowest BCUT2D eigenvalue weighted by atomic mass is 10.1. The largest absolute Gasteiger partial charge is 0.399 e. The lowest BCUT2D eigenvalue weighted by Crippen LogP contribution is -2.14. The number of hydrogen-bond acceptors (Lipinski definition) is 7. The number of aldehydes is 2. The van der Waals surface area contributed by atoms with Gasteiger partial charge in [0, 0.05) is 29.9 Å². The molecule has 0 aliphatic carbocycles.